The van der Waals surface area contributed by atoms with Crippen molar-refractivity contribution in [2.45, 2.75) is 50.1 Å². The SMILES string of the molecule is Cc1ccc(Sc2ccc(Br)cc2CNC(C)C)cc1C. The Morgan fingerprint density at radius 3 is 2.48 bits per heavy atom. The molecule has 0 amide bonds. The molecule has 1 nitrogen and oxygen atoms in total. The summed E-state index contributed by atoms with van der Waals surface area (Å²) in [6.07, 6.45) is 0. The number of benzene rings is 2. The summed E-state index contributed by atoms with van der Waals surface area (Å²) in [7, 11) is 0. The van der Waals surface area contributed by atoms with E-state index in [4.69, 9.17) is 0 Å². The van der Waals surface area contributed by atoms with Crippen molar-refractivity contribution in [3.63, 3.8) is 0 Å². The molecule has 1 N–H and O–H groups in total. The molecule has 0 bridgehead atoms. The highest BCUT2D eigenvalue weighted by Crippen LogP contribution is 2.33. The fraction of sp³-hybridized carbons (Fsp3) is 0.333. The molecule has 3 heteroatoms. The molecule has 0 heterocycles. The van der Waals surface area contributed by atoms with Crippen molar-refractivity contribution in [2.24, 2.45) is 0 Å². The molecular weight excluding hydrogens is 342 g/mol. The van der Waals surface area contributed by atoms with Gasteiger partial charge in [-0.05, 0) is 60.9 Å². The van der Waals surface area contributed by atoms with Gasteiger partial charge < -0.3 is 5.32 Å². The Hall–Kier alpha value is -0.770. The molecule has 0 saturated carbocycles. The number of nitrogens with one attached hydrogen (secondary N) is 1. The molecule has 0 aromatic heterocycles. The van der Waals surface area contributed by atoms with Gasteiger partial charge in [0.15, 0.2) is 0 Å². The zero-order chi connectivity index (χ0) is 15.4. The van der Waals surface area contributed by atoms with Crippen LogP contribution in [-0.2, 0) is 6.54 Å². The second-order valence-corrected chi connectivity index (χ2v) is 7.67. The lowest BCUT2D eigenvalue weighted by molar-refractivity contribution is 0.584. The first-order valence-corrected chi connectivity index (χ1v) is 8.83. The van der Waals surface area contributed by atoms with Gasteiger partial charge in [-0.3, -0.25) is 0 Å². The summed E-state index contributed by atoms with van der Waals surface area (Å²) in [6.45, 7) is 9.57. The van der Waals surface area contributed by atoms with E-state index in [1.54, 1.807) is 0 Å². The molecule has 0 unspecified atom stereocenters. The van der Waals surface area contributed by atoms with Gasteiger partial charge in [0.25, 0.3) is 0 Å². The average molecular weight is 364 g/mol. The highest BCUT2D eigenvalue weighted by molar-refractivity contribution is 9.10. The molecule has 112 valence electrons. The van der Waals surface area contributed by atoms with E-state index in [0.29, 0.717) is 6.04 Å². The molecule has 0 aliphatic rings. The number of hydrogen-bond acceptors (Lipinski definition) is 2. The quantitative estimate of drug-likeness (QED) is 0.729. The van der Waals surface area contributed by atoms with Crippen molar-refractivity contribution in [3.05, 3.63) is 57.6 Å². The predicted octanol–water partition coefficient (Wildman–Crippen LogP) is 5.72. The van der Waals surface area contributed by atoms with Crippen LogP contribution in [0.3, 0.4) is 0 Å². The summed E-state index contributed by atoms with van der Waals surface area (Å²) in [5.41, 5.74) is 4.03. The van der Waals surface area contributed by atoms with Gasteiger partial charge in [-0.1, -0.05) is 47.6 Å². The van der Waals surface area contributed by atoms with Crippen LogP contribution in [0, 0.1) is 13.8 Å². The predicted molar refractivity (Wildman–Crippen MR) is 96.2 cm³/mol. The second kappa shape index (κ2) is 7.48. The minimum atomic E-state index is 0.489. The molecule has 0 aliphatic carbocycles. The zero-order valence-electron chi connectivity index (χ0n) is 13.0. The molecule has 0 spiro atoms. The topological polar surface area (TPSA) is 12.0 Å². The fourth-order valence-electron chi connectivity index (χ4n) is 2.00. The van der Waals surface area contributed by atoms with Crippen LogP contribution >= 0.6 is 27.7 Å². The molecule has 2 aromatic carbocycles. The van der Waals surface area contributed by atoms with Crippen LogP contribution in [0.25, 0.3) is 0 Å². The Labute approximate surface area is 140 Å². The van der Waals surface area contributed by atoms with E-state index in [-0.39, 0.29) is 0 Å². The van der Waals surface area contributed by atoms with Crippen molar-refractivity contribution in [1.29, 1.82) is 0 Å². The Balaban J connectivity index is 2.23. The lowest BCUT2D eigenvalue weighted by atomic mass is 10.1. The maximum atomic E-state index is 3.57. The van der Waals surface area contributed by atoms with Crippen molar-refractivity contribution in [1.82, 2.24) is 5.32 Å². The molecule has 0 aliphatic heterocycles. The van der Waals surface area contributed by atoms with Crippen LogP contribution in [0.2, 0.25) is 0 Å². The van der Waals surface area contributed by atoms with Crippen LogP contribution in [-0.4, -0.2) is 6.04 Å². The molecular formula is C18H22BrNS. The summed E-state index contributed by atoms with van der Waals surface area (Å²) in [4.78, 5) is 2.61. The normalized spacial score (nSPS) is 11.1. The monoisotopic (exact) mass is 363 g/mol. The van der Waals surface area contributed by atoms with Crippen molar-refractivity contribution in [2.75, 3.05) is 0 Å². The fourth-order valence-corrected chi connectivity index (χ4v) is 3.44. The van der Waals surface area contributed by atoms with Crippen LogP contribution in [0.1, 0.15) is 30.5 Å². The van der Waals surface area contributed by atoms with Gasteiger partial charge in [0.05, 0.1) is 0 Å². The number of hydrogen-bond donors (Lipinski definition) is 1. The first-order valence-electron chi connectivity index (χ1n) is 7.22. The van der Waals surface area contributed by atoms with E-state index < -0.39 is 0 Å². The Morgan fingerprint density at radius 1 is 1.05 bits per heavy atom. The number of rotatable bonds is 5. The minimum absolute atomic E-state index is 0.489. The molecule has 0 saturated heterocycles. The van der Waals surface area contributed by atoms with Crippen LogP contribution < -0.4 is 5.32 Å². The van der Waals surface area contributed by atoms with Gasteiger partial charge in [0.2, 0.25) is 0 Å². The highest BCUT2D eigenvalue weighted by Gasteiger charge is 2.07. The number of halogens is 1. The van der Waals surface area contributed by atoms with Gasteiger partial charge >= 0.3 is 0 Å². The van der Waals surface area contributed by atoms with E-state index in [2.05, 4.69) is 85.3 Å². The standard InChI is InChI=1S/C18H22BrNS/c1-12(2)20-11-15-10-16(19)6-8-18(15)21-17-7-5-13(3)14(4)9-17/h5-10,12,20H,11H2,1-4H3. The van der Waals surface area contributed by atoms with Crippen molar-refractivity contribution >= 4 is 27.7 Å². The van der Waals surface area contributed by atoms with Crippen LogP contribution in [0.4, 0.5) is 0 Å². The maximum Gasteiger partial charge on any atom is 0.0219 e. The van der Waals surface area contributed by atoms with Crippen LogP contribution in [0.15, 0.2) is 50.7 Å². The third-order valence-electron chi connectivity index (χ3n) is 3.43. The maximum absolute atomic E-state index is 3.57. The smallest absolute Gasteiger partial charge is 0.0219 e. The Kier molecular flexibility index (Phi) is 5.91. The third-order valence-corrected chi connectivity index (χ3v) is 5.03. The molecule has 2 aromatic rings. The largest absolute Gasteiger partial charge is 0.310 e. The van der Waals surface area contributed by atoms with Crippen LogP contribution in [0.5, 0.6) is 0 Å². The van der Waals surface area contributed by atoms with Gasteiger partial charge in [-0.2, -0.15) is 0 Å². The van der Waals surface area contributed by atoms with Gasteiger partial charge in [-0.25, -0.2) is 0 Å². The summed E-state index contributed by atoms with van der Waals surface area (Å²) in [6, 6.07) is 13.7. The van der Waals surface area contributed by atoms with Crippen molar-refractivity contribution in [3.8, 4) is 0 Å². The minimum Gasteiger partial charge on any atom is -0.310 e. The number of aryl methyl sites for hydroxylation is 2. The molecule has 2 rings (SSSR count). The first kappa shape index (κ1) is 16.6. The average Bonchev–Trinajstić information content (AvgIpc) is 2.43. The highest BCUT2D eigenvalue weighted by atomic mass is 79.9. The van der Waals surface area contributed by atoms with Gasteiger partial charge in [-0.15, -0.1) is 0 Å². The third kappa shape index (κ3) is 4.87. The van der Waals surface area contributed by atoms with Gasteiger partial charge in [0, 0.05) is 26.9 Å². The van der Waals surface area contributed by atoms with E-state index >= 15 is 0 Å². The van der Waals surface area contributed by atoms with E-state index in [1.165, 1.54) is 26.5 Å². The van der Waals surface area contributed by atoms with E-state index in [9.17, 15) is 0 Å². The summed E-state index contributed by atoms with van der Waals surface area (Å²) >= 11 is 5.41. The Morgan fingerprint density at radius 2 is 1.81 bits per heavy atom. The Bertz CT molecular complexity index is 623. The first-order chi connectivity index (χ1) is 9.95. The lowest BCUT2D eigenvalue weighted by Gasteiger charge is -2.13. The second-order valence-electron chi connectivity index (χ2n) is 5.64. The summed E-state index contributed by atoms with van der Waals surface area (Å²) in [5.74, 6) is 0. The summed E-state index contributed by atoms with van der Waals surface area (Å²) in [5, 5.41) is 3.50. The molecule has 0 radical (unpaired) electrons. The van der Waals surface area contributed by atoms with E-state index in [0.717, 1.165) is 11.0 Å². The van der Waals surface area contributed by atoms with Gasteiger partial charge in [0.1, 0.15) is 0 Å². The summed E-state index contributed by atoms with van der Waals surface area (Å²) < 4.78 is 1.13. The lowest BCUT2D eigenvalue weighted by Crippen LogP contribution is -2.22. The van der Waals surface area contributed by atoms with E-state index in [1.807, 2.05) is 11.8 Å². The molecule has 0 atom stereocenters. The van der Waals surface area contributed by atoms with Crippen molar-refractivity contribution < 1.29 is 0 Å². The zero-order valence-corrected chi connectivity index (χ0v) is 15.4. The molecule has 21 heavy (non-hydrogen) atoms. The molecule has 0 fully saturated rings.